The van der Waals surface area contributed by atoms with E-state index in [-0.39, 0.29) is 0 Å². The average Bonchev–Trinajstić information content (AvgIpc) is 3.10. The highest BCUT2D eigenvalue weighted by Gasteiger charge is 2.10. The molecule has 2 aromatic heterocycles. The molecular weight excluding hydrogens is 616 g/mol. The minimum absolute atomic E-state index is 0.474. The predicted octanol–water partition coefficient (Wildman–Crippen LogP) is 8.25. The van der Waals surface area contributed by atoms with E-state index in [9.17, 15) is 0 Å². The van der Waals surface area contributed by atoms with Gasteiger partial charge in [-0.15, -0.1) is 10.2 Å². The molecule has 2 heterocycles. The van der Waals surface area contributed by atoms with Gasteiger partial charge in [0.25, 0.3) is 0 Å². The lowest BCUT2D eigenvalue weighted by molar-refractivity contribution is 0.0924. The molecule has 2 N–H and O–H groups in total. The van der Waals surface area contributed by atoms with Gasteiger partial charge in [0.05, 0.1) is 48.7 Å². The number of benzene rings is 4. The van der Waals surface area contributed by atoms with Crippen molar-refractivity contribution in [2.45, 2.75) is 13.8 Å². The first kappa shape index (κ1) is 32.8. The van der Waals surface area contributed by atoms with E-state index in [2.05, 4.69) is 89.4 Å². The molecule has 6 aromatic rings. The van der Waals surface area contributed by atoms with Gasteiger partial charge in [0.2, 0.25) is 0 Å². The second-order valence-corrected chi connectivity index (χ2v) is 11.6. The van der Waals surface area contributed by atoms with Crippen LogP contribution in [0.2, 0.25) is 0 Å². The molecule has 248 valence electrons. The van der Waals surface area contributed by atoms with Crippen LogP contribution in [0.1, 0.15) is 11.1 Å². The van der Waals surface area contributed by atoms with Crippen LogP contribution in [0, 0.1) is 13.8 Å². The topological polar surface area (TPSA) is 141 Å². The number of likely N-dealkylation sites (N-methyl/N-ethyl adjacent to an activating group) is 2. The second-order valence-electron chi connectivity index (χ2n) is 11.6. The number of rotatable bonds is 14. The van der Waals surface area contributed by atoms with Gasteiger partial charge in [-0.3, -0.25) is 10.0 Å². The first-order chi connectivity index (χ1) is 23.9. The molecular formula is C36H38N12O. The van der Waals surface area contributed by atoms with E-state index < -0.39 is 0 Å². The molecule has 0 bridgehead atoms. The Bertz CT molecular complexity index is 2100. The van der Waals surface area contributed by atoms with E-state index in [1.807, 2.05) is 68.7 Å². The number of nitrogens with one attached hydrogen (secondary N) is 2. The highest BCUT2D eigenvalue weighted by molar-refractivity contribution is 5.98. The standard InChI is InChI=1S/C36H38N12O/c1-25-7-5-9-27(19-25)41-35-31-22-37-23-38-33(31)13-14-34(35)44-46-48(4)16-18-49-17-15-47(3)45-43-29-11-12-32-30(21-29)36(40-24-39-32)42-28-10-6-8-26(2)20-28/h5-14,19-24,41H,15-18H2,1-4H3,(H,39,40,42). The lowest BCUT2D eigenvalue weighted by Crippen LogP contribution is -2.21. The summed E-state index contributed by atoms with van der Waals surface area (Å²) in [6.45, 7) is 6.19. The minimum atomic E-state index is 0.474. The number of aromatic nitrogens is 4. The largest absolute Gasteiger partial charge is 0.378 e. The molecule has 13 heteroatoms. The number of hydrogen-bond acceptors (Lipinski definition) is 11. The Morgan fingerprint density at radius 1 is 0.673 bits per heavy atom. The maximum atomic E-state index is 5.85. The zero-order chi connectivity index (χ0) is 34.0. The van der Waals surface area contributed by atoms with E-state index in [0.29, 0.717) is 43.5 Å². The normalized spacial score (nSPS) is 11.5. The third-order valence-corrected chi connectivity index (χ3v) is 7.59. The van der Waals surface area contributed by atoms with Crippen molar-refractivity contribution in [1.82, 2.24) is 30.0 Å². The molecule has 0 radical (unpaired) electrons. The second kappa shape index (κ2) is 15.7. The Labute approximate surface area is 284 Å². The van der Waals surface area contributed by atoms with Crippen LogP contribution in [0.5, 0.6) is 0 Å². The Morgan fingerprint density at radius 2 is 1.33 bits per heavy atom. The van der Waals surface area contributed by atoms with E-state index in [1.54, 1.807) is 22.5 Å². The third kappa shape index (κ3) is 8.84. The fourth-order valence-electron chi connectivity index (χ4n) is 5.03. The predicted molar refractivity (Wildman–Crippen MR) is 193 cm³/mol. The summed E-state index contributed by atoms with van der Waals surface area (Å²) in [6, 6.07) is 25.8. The summed E-state index contributed by atoms with van der Waals surface area (Å²) in [4.78, 5) is 17.5. The van der Waals surface area contributed by atoms with Crippen molar-refractivity contribution in [3.63, 3.8) is 0 Å². The van der Waals surface area contributed by atoms with Gasteiger partial charge in [0, 0.05) is 42.4 Å². The number of hydrogen-bond donors (Lipinski definition) is 2. The lowest BCUT2D eigenvalue weighted by atomic mass is 10.1. The van der Waals surface area contributed by atoms with Crippen LogP contribution in [-0.4, -0.2) is 70.4 Å². The Hall–Kier alpha value is -6.08. The van der Waals surface area contributed by atoms with Crippen LogP contribution >= 0.6 is 0 Å². The fraction of sp³-hybridized carbons (Fsp3) is 0.222. The summed E-state index contributed by atoms with van der Waals surface area (Å²) in [6.07, 6.45) is 4.87. The molecule has 0 amide bonds. The highest BCUT2D eigenvalue weighted by atomic mass is 16.5. The first-order valence-electron chi connectivity index (χ1n) is 15.9. The molecule has 0 atom stereocenters. The van der Waals surface area contributed by atoms with Gasteiger partial charge in [-0.05, 0) is 79.6 Å². The van der Waals surface area contributed by atoms with Crippen molar-refractivity contribution in [3.8, 4) is 0 Å². The molecule has 0 saturated heterocycles. The third-order valence-electron chi connectivity index (χ3n) is 7.59. The molecule has 6 rings (SSSR count). The quantitative estimate of drug-likeness (QED) is 0.0674. The summed E-state index contributed by atoms with van der Waals surface area (Å²) in [7, 11) is 3.72. The molecule has 0 fully saturated rings. The van der Waals surface area contributed by atoms with E-state index in [4.69, 9.17) is 4.74 Å². The van der Waals surface area contributed by atoms with E-state index in [1.165, 1.54) is 6.33 Å². The molecule has 13 nitrogen and oxygen atoms in total. The van der Waals surface area contributed by atoms with Crippen molar-refractivity contribution in [1.29, 1.82) is 0 Å². The van der Waals surface area contributed by atoms with E-state index in [0.717, 1.165) is 50.0 Å². The van der Waals surface area contributed by atoms with Gasteiger partial charge in [0.1, 0.15) is 24.2 Å². The van der Waals surface area contributed by atoms with E-state index >= 15 is 0 Å². The molecule has 0 aliphatic rings. The number of anilines is 4. The Kier molecular flexibility index (Phi) is 10.5. The van der Waals surface area contributed by atoms with Crippen molar-refractivity contribution >= 4 is 56.1 Å². The summed E-state index contributed by atoms with van der Waals surface area (Å²) in [5.74, 6) is 0.713. The number of ether oxygens (including phenoxy) is 1. The van der Waals surface area contributed by atoms with Gasteiger partial charge >= 0.3 is 0 Å². The summed E-state index contributed by atoms with van der Waals surface area (Å²) in [5, 5.41) is 29.8. The average molecular weight is 655 g/mol. The van der Waals surface area contributed by atoms with Gasteiger partial charge in [0.15, 0.2) is 0 Å². The number of fused-ring (bicyclic) bond motifs is 2. The van der Waals surface area contributed by atoms with Crippen molar-refractivity contribution in [3.05, 3.63) is 109 Å². The first-order valence-corrected chi connectivity index (χ1v) is 15.9. The Balaban J connectivity index is 0.993. The Morgan fingerprint density at radius 3 is 2.06 bits per heavy atom. The summed E-state index contributed by atoms with van der Waals surface area (Å²) in [5.41, 5.74) is 8.05. The highest BCUT2D eigenvalue weighted by Crippen LogP contribution is 2.35. The number of nitrogens with zero attached hydrogens (tertiary/aromatic N) is 10. The van der Waals surface area contributed by atoms with Gasteiger partial charge < -0.3 is 15.4 Å². The molecule has 0 unspecified atom stereocenters. The zero-order valence-corrected chi connectivity index (χ0v) is 27.9. The van der Waals surface area contributed by atoms with Crippen LogP contribution in [0.4, 0.5) is 34.3 Å². The van der Waals surface area contributed by atoms with Crippen molar-refractivity contribution in [2.75, 3.05) is 51.0 Å². The molecule has 0 spiro atoms. The van der Waals surface area contributed by atoms with Gasteiger partial charge in [-0.2, -0.15) is 0 Å². The smallest absolute Gasteiger partial charge is 0.141 e. The monoisotopic (exact) mass is 654 g/mol. The van der Waals surface area contributed by atoms with Crippen LogP contribution in [0.3, 0.4) is 0 Å². The molecule has 0 aliphatic heterocycles. The molecule has 0 aliphatic carbocycles. The lowest BCUT2D eigenvalue weighted by Gasteiger charge is -2.15. The van der Waals surface area contributed by atoms with Gasteiger partial charge in [-0.25, -0.2) is 19.9 Å². The molecule has 49 heavy (non-hydrogen) atoms. The van der Waals surface area contributed by atoms with Crippen molar-refractivity contribution in [2.24, 2.45) is 20.7 Å². The van der Waals surface area contributed by atoms with Crippen molar-refractivity contribution < 1.29 is 4.74 Å². The maximum Gasteiger partial charge on any atom is 0.141 e. The minimum Gasteiger partial charge on any atom is -0.378 e. The van der Waals surface area contributed by atoms with Crippen LogP contribution in [-0.2, 0) is 4.74 Å². The van der Waals surface area contributed by atoms with Gasteiger partial charge in [-0.1, -0.05) is 34.7 Å². The summed E-state index contributed by atoms with van der Waals surface area (Å²) >= 11 is 0. The SMILES string of the molecule is Cc1cccc(Nc2ncnc3ccc(N=NN(C)CCOCCN(C)N=Nc4ccc5ncncc5c4Nc4cccc(C)c4)cc23)c1. The summed E-state index contributed by atoms with van der Waals surface area (Å²) < 4.78 is 5.85. The maximum absolute atomic E-state index is 5.85. The molecule has 4 aromatic carbocycles. The van der Waals surface area contributed by atoms with Crippen LogP contribution < -0.4 is 10.6 Å². The molecule has 0 saturated carbocycles. The zero-order valence-electron chi connectivity index (χ0n) is 27.9. The fourth-order valence-corrected chi connectivity index (χ4v) is 5.03. The number of aryl methyl sites for hydroxylation is 2. The van der Waals surface area contributed by atoms with Crippen LogP contribution in [0.15, 0.2) is 118 Å². The van der Waals surface area contributed by atoms with Crippen LogP contribution in [0.25, 0.3) is 21.8 Å².